The molecule has 0 aromatic heterocycles. The molecule has 2 aromatic carbocycles. The van der Waals surface area contributed by atoms with Crippen molar-refractivity contribution in [2.75, 3.05) is 27.2 Å². The maximum Gasteiger partial charge on any atom is 0.149 e. The number of hydrogen-bond acceptors (Lipinski definition) is 2. The average Bonchev–Trinajstić information content (AvgIpc) is 3.27. The van der Waals surface area contributed by atoms with Crippen LogP contribution in [0, 0.1) is 11.6 Å². The maximum absolute atomic E-state index is 14.6. The van der Waals surface area contributed by atoms with E-state index in [0.717, 1.165) is 50.4 Å². The number of amidine groups is 2. The van der Waals surface area contributed by atoms with Crippen LogP contribution in [0.4, 0.5) is 20.2 Å². The number of nitrogens with zero attached hydrogens (tertiary/aromatic N) is 4. The van der Waals surface area contributed by atoms with Crippen molar-refractivity contribution >= 4 is 23.0 Å². The number of aliphatic imine (C=N–C) groups is 2. The summed E-state index contributed by atoms with van der Waals surface area (Å²) in [6.07, 6.45) is 3.81. The molecule has 2 aromatic rings. The van der Waals surface area contributed by atoms with Crippen LogP contribution in [0.2, 0.25) is 0 Å². The predicted molar refractivity (Wildman–Crippen MR) is 110 cm³/mol. The quantitative estimate of drug-likeness (QED) is 0.736. The van der Waals surface area contributed by atoms with Gasteiger partial charge in [-0.05, 0) is 48.2 Å². The normalized spacial score (nSPS) is 20.0. The van der Waals surface area contributed by atoms with Gasteiger partial charge in [0.1, 0.15) is 34.7 Å². The molecule has 146 valence electrons. The third-order valence-corrected chi connectivity index (χ3v) is 5.40. The van der Waals surface area contributed by atoms with E-state index in [1.54, 1.807) is 24.3 Å². The topological polar surface area (TPSA) is 31.2 Å². The minimum absolute atomic E-state index is 0.320. The van der Waals surface area contributed by atoms with E-state index in [2.05, 4.69) is 9.98 Å². The van der Waals surface area contributed by atoms with Crippen molar-refractivity contribution in [3.05, 3.63) is 48.0 Å². The van der Waals surface area contributed by atoms with Crippen molar-refractivity contribution < 1.29 is 8.78 Å². The van der Waals surface area contributed by atoms with Gasteiger partial charge in [-0.3, -0.25) is 0 Å². The lowest BCUT2D eigenvalue weighted by Crippen LogP contribution is -2.18. The third kappa shape index (κ3) is 3.77. The van der Waals surface area contributed by atoms with Crippen LogP contribution in [-0.4, -0.2) is 48.7 Å². The van der Waals surface area contributed by atoms with Gasteiger partial charge in [0.15, 0.2) is 0 Å². The highest BCUT2D eigenvalue weighted by atomic mass is 19.1. The molecule has 4 nitrogen and oxygen atoms in total. The van der Waals surface area contributed by atoms with Gasteiger partial charge in [0.25, 0.3) is 0 Å². The van der Waals surface area contributed by atoms with Gasteiger partial charge in [0.05, 0.1) is 0 Å². The van der Waals surface area contributed by atoms with Gasteiger partial charge in [-0.25, -0.2) is 18.8 Å². The summed E-state index contributed by atoms with van der Waals surface area (Å²) >= 11 is 0. The van der Waals surface area contributed by atoms with E-state index in [0.29, 0.717) is 22.5 Å². The summed E-state index contributed by atoms with van der Waals surface area (Å²) in [7, 11) is 3.93. The Hall–Kier alpha value is -2.76. The Morgan fingerprint density at radius 1 is 0.714 bits per heavy atom. The molecular weight excluding hydrogens is 358 g/mol. The molecule has 0 N–H and O–H groups in total. The minimum atomic E-state index is -0.400. The zero-order chi connectivity index (χ0) is 19.7. The zero-order valence-corrected chi connectivity index (χ0v) is 16.3. The van der Waals surface area contributed by atoms with E-state index in [-0.39, 0.29) is 0 Å². The first-order valence-electron chi connectivity index (χ1n) is 9.68. The van der Waals surface area contributed by atoms with Gasteiger partial charge in [-0.1, -0.05) is 12.1 Å². The Balaban J connectivity index is 1.59. The van der Waals surface area contributed by atoms with E-state index in [1.165, 1.54) is 12.1 Å². The fourth-order valence-electron chi connectivity index (χ4n) is 3.70. The van der Waals surface area contributed by atoms with Gasteiger partial charge in [0.2, 0.25) is 0 Å². The molecule has 0 unspecified atom stereocenters. The van der Waals surface area contributed by atoms with E-state index < -0.39 is 11.6 Å². The predicted octanol–water partition coefficient (Wildman–Crippen LogP) is 5.14. The number of benzene rings is 2. The summed E-state index contributed by atoms with van der Waals surface area (Å²) in [5, 5.41) is 0. The first-order valence-corrected chi connectivity index (χ1v) is 9.68. The molecule has 2 aliphatic heterocycles. The molecule has 0 radical (unpaired) electrons. The van der Waals surface area contributed by atoms with E-state index in [4.69, 9.17) is 0 Å². The van der Waals surface area contributed by atoms with E-state index in [9.17, 15) is 8.78 Å². The van der Waals surface area contributed by atoms with Crippen molar-refractivity contribution in [1.82, 2.24) is 9.80 Å². The Morgan fingerprint density at radius 2 is 1.14 bits per heavy atom. The zero-order valence-electron chi connectivity index (χ0n) is 16.3. The van der Waals surface area contributed by atoms with Crippen molar-refractivity contribution in [1.29, 1.82) is 0 Å². The Morgan fingerprint density at radius 3 is 1.46 bits per heavy atom. The monoisotopic (exact) mass is 382 g/mol. The number of halogens is 2. The number of rotatable bonds is 3. The molecular formula is C22H24F2N4. The van der Waals surface area contributed by atoms with Crippen LogP contribution in [0.1, 0.15) is 25.7 Å². The maximum atomic E-state index is 14.6. The molecule has 2 aliphatic rings. The van der Waals surface area contributed by atoms with Crippen LogP contribution in [0.25, 0.3) is 11.1 Å². The first kappa shape index (κ1) is 18.6. The van der Waals surface area contributed by atoms with Gasteiger partial charge < -0.3 is 9.80 Å². The molecule has 2 heterocycles. The van der Waals surface area contributed by atoms with Crippen LogP contribution in [0.5, 0.6) is 0 Å². The van der Waals surface area contributed by atoms with Crippen LogP contribution in [-0.2, 0) is 0 Å². The molecule has 0 aliphatic carbocycles. The standard InChI is InChI=1S/C22H24F2N4/c1-27-11-3-5-21(27)25-19-9-7-15(13-17(19)23)16-8-10-20(18(24)14-16)26-22-6-4-12-28(22)2/h7-10,13-14H,3-6,11-12H2,1-2H3. The Labute approximate surface area is 164 Å². The van der Waals surface area contributed by atoms with E-state index >= 15 is 0 Å². The lowest BCUT2D eigenvalue weighted by molar-refractivity contribution is 0.549. The second-order valence-electron chi connectivity index (χ2n) is 7.44. The Bertz CT molecular complexity index is 874. The molecule has 6 heteroatoms. The van der Waals surface area contributed by atoms with Crippen LogP contribution >= 0.6 is 0 Å². The van der Waals surface area contributed by atoms with Crippen molar-refractivity contribution in [2.45, 2.75) is 25.7 Å². The first-order chi connectivity index (χ1) is 13.5. The lowest BCUT2D eigenvalue weighted by atomic mass is 10.0. The van der Waals surface area contributed by atoms with Crippen molar-refractivity contribution in [3.8, 4) is 11.1 Å². The third-order valence-electron chi connectivity index (χ3n) is 5.40. The van der Waals surface area contributed by atoms with Crippen LogP contribution in [0.3, 0.4) is 0 Å². The summed E-state index contributed by atoms with van der Waals surface area (Å²) in [6, 6.07) is 9.70. The summed E-state index contributed by atoms with van der Waals surface area (Å²) < 4.78 is 29.1. The Kier molecular flexibility index (Phi) is 5.11. The fraction of sp³-hybridized carbons (Fsp3) is 0.364. The number of likely N-dealkylation sites (tertiary alicyclic amines) is 2. The summed E-state index contributed by atoms with van der Waals surface area (Å²) in [4.78, 5) is 13.0. The molecule has 0 bridgehead atoms. The molecule has 0 spiro atoms. The molecule has 0 amide bonds. The van der Waals surface area contributed by atoms with Gasteiger partial charge in [-0.2, -0.15) is 0 Å². The number of hydrogen-bond donors (Lipinski definition) is 0. The van der Waals surface area contributed by atoms with Crippen molar-refractivity contribution in [2.24, 2.45) is 9.98 Å². The molecule has 28 heavy (non-hydrogen) atoms. The van der Waals surface area contributed by atoms with Crippen molar-refractivity contribution in [3.63, 3.8) is 0 Å². The minimum Gasteiger partial charge on any atom is -0.363 e. The fourth-order valence-corrected chi connectivity index (χ4v) is 3.70. The lowest BCUT2D eigenvalue weighted by Gasteiger charge is -2.12. The summed E-state index contributed by atoms with van der Waals surface area (Å²) in [6.45, 7) is 1.90. The highest BCUT2D eigenvalue weighted by molar-refractivity contribution is 5.87. The summed E-state index contributed by atoms with van der Waals surface area (Å²) in [5.41, 5.74) is 1.88. The largest absolute Gasteiger partial charge is 0.363 e. The van der Waals surface area contributed by atoms with Gasteiger partial charge in [0, 0.05) is 40.0 Å². The molecule has 2 saturated heterocycles. The summed E-state index contributed by atoms with van der Waals surface area (Å²) in [5.74, 6) is 1.00. The smallest absolute Gasteiger partial charge is 0.149 e. The molecule has 0 atom stereocenters. The second kappa shape index (κ2) is 7.70. The van der Waals surface area contributed by atoms with E-state index in [1.807, 2.05) is 23.9 Å². The molecule has 0 saturated carbocycles. The van der Waals surface area contributed by atoms with Crippen LogP contribution < -0.4 is 0 Å². The second-order valence-corrected chi connectivity index (χ2v) is 7.44. The average molecular weight is 382 g/mol. The molecule has 2 fully saturated rings. The SMILES string of the molecule is CN1CCCC1=Nc1ccc(-c2ccc(N=C3CCCN3C)c(F)c2)cc1F. The van der Waals surface area contributed by atoms with Crippen LogP contribution in [0.15, 0.2) is 46.4 Å². The highest BCUT2D eigenvalue weighted by Gasteiger charge is 2.17. The molecule has 4 rings (SSSR count). The highest BCUT2D eigenvalue weighted by Crippen LogP contribution is 2.30. The van der Waals surface area contributed by atoms with Gasteiger partial charge in [-0.15, -0.1) is 0 Å². The van der Waals surface area contributed by atoms with Gasteiger partial charge >= 0.3 is 0 Å².